The van der Waals surface area contributed by atoms with Gasteiger partial charge in [-0.2, -0.15) is 4.98 Å². The first kappa shape index (κ1) is 12.2. The molecule has 0 saturated heterocycles. The highest BCUT2D eigenvalue weighted by Crippen LogP contribution is 2.35. The van der Waals surface area contributed by atoms with Crippen molar-refractivity contribution in [2.45, 2.75) is 32.4 Å². The first-order valence-corrected chi connectivity index (χ1v) is 6.48. The van der Waals surface area contributed by atoms with Crippen molar-refractivity contribution in [1.82, 2.24) is 15.5 Å². The van der Waals surface area contributed by atoms with Crippen LogP contribution in [0.2, 0.25) is 0 Å². The average Bonchev–Trinajstić information content (AvgIpc) is 3.02. The molecule has 1 aromatic carbocycles. The van der Waals surface area contributed by atoms with E-state index in [2.05, 4.69) is 34.5 Å². The molecule has 5 nitrogen and oxygen atoms in total. The van der Waals surface area contributed by atoms with Crippen molar-refractivity contribution in [3.63, 3.8) is 0 Å². The number of benzene rings is 1. The van der Waals surface area contributed by atoms with Crippen molar-refractivity contribution in [2.24, 2.45) is 0 Å². The standard InChI is InChI=1S/C14H17N3O2/c1-9(15-7-14-16-10(2)19-17-14)12-8-18-13-6-4-3-5-11(12)13/h3-6,9,12,15H,7-8H2,1-2H3/t9-,12-/m0/s1. The van der Waals surface area contributed by atoms with E-state index >= 15 is 0 Å². The summed E-state index contributed by atoms with van der Waals surface area (Å²) in [6.45, 7) is 5.28. The van der Waals surface area contributed by atoms with E-state index in [4.69, 9.17) is 9.26 Å². The van der Waals surface area contributed by atoms with Crippen LogP contribution in [0, 0.1) is 6.92 Å². The number of para-hydroxylation sites is 1. The Bertz CT molecular complexity index is 567. The zero-order valence-corrected chi connectivity index (χ0v) is 11.1. The van der Waals surface area contributed by atoms with E-state index in [-0.39, 0.29) is 0 Å². The van der Waals surface area contributed by atoms with Crippen LogP contribution >= 0.6 is 0 Å². The SMILES string of the molecule is Cc1nc(CN[C@@H](C)[C@@H]2COc3ccccc32)no1. The number of fused-ring (bicyclic) bond motifs is 1. The molecular weight excluding hydrogens is 242 g/mol. The molecule has 0 radical (unpaired) electrons. The molecule has 1 N–H and O–H groups in total. The summed E-state index contributed by atoms with van der Waals surface area (Å²) in [5, 5.41) is 7.31. The lowest BCUT2D eigenvalue weighted by Crippen LogP contribution is -2.32. The molecule has 0 bridgehead atoms. The molecule has 1 aliphatic rings. The Labute approximate surface area is 112 Å². The van der Waals surface area contributed by atoms with E-state index in [0.717, 1.165) is 12.4 Å². The zero-order chi connectivity index (χ0) is 13.2. The van der Waals surface area contributed by atoms with Gasteiger partial charge in [0.1, 0.15) is 5.75 Å². The molecule has 5 heteroatoms. The Morgan fingerprint density at radius 3 is 3.05 bits per heavy atom. The maximum absolute atomic E-state index is 5.70. The summed E-state index contributed by atoms with van der Waals surface area (Å²) in [6, 6.07) is 8.49. The molecule has 3 rings (SSSR count). The molecule has 1 aromatic heterocycles. The van der Waals surface area contributed by atoms with Crippen LogP contribution in [-0.4, -0.2) is 22.8 Å². The number of rotatable bonds is 4. The van der Waals surface area contributed by atoms with Gasteiger partial charge in [0.2, 0.25) is 5.89 Å². The van der Waals surface area contributed by atoms with Crippen molar-refractivity contribution < 1.29 is 9.26 Å². The summed E-state index contributed by atoms with van der Waals surface area (Å²) in [5.41, 5.74) is 1.27. The minimum absolute atomic E-state index is 0.294. The summed E-state index contributed by atoms with van der Waals surface area (Å²) in [5.74, 6) is 2.65. The van der Waals surface area contributed by atoms with Crippen molar-refractivity contribution >= 4 is 0 Å². The monoisotopic (exact) mass is 259 g/mol. The maximum atomic E-state index is 5.70. The number of nitrogens with zero attached hydrogens (tertiary/aromatic N) is 2. The van der Waals surface area contributed by atoms with Crippen molar-refractivity contribution in [3.05, 3.63) is 41.5 Å². The summed E-state index contributed by atoms with van der Waals surface area (Å²) in [4.78, 5) is 4.18. The molecule has 0 spiro atoms. The third-order valence-electron chi connectivity index (χ3n) is 3.49. The van der Waals surface area contributed by atoms with E-state index in [1.807, 2.05) is 12.1 Å². The van der Waals surface area contributed by atoms with Crippen LogP contribution < -0.4 is 10.1 Å². The summed E-state index contributed by atoms with van der Waals surface area (Å²) in [6.07, 6.45) is 0. The van der Waals surface area contributed by atoms with Gasteiger partial charge in [-0.1, -0.05) is 23.4 Å². The highest BCUT2D eigenvalue weighted by molar-refractivity contribution is 5.40. The molecule has 0 amide bonds. The van der Waals surface area contributed by atoms with Gasteiger partial charge in [-0.15, -0.1) is 0 Å². The van der Waals surface area contributed by atoms with E-state index in [9.17, 15) is 0 Å². The van der Waals surface area contributed by atoms with Crippen molar-refractivity contribution in [3.8, 4) is 5.75 Å². The van der Waals surface area contributed by atoms with Crippen LogP contribution in [-0.2, 0) is 6.54 Å². The van der Waals surface area contributed by atoms with Crippen LogP contribution in [0.15, 0.2) is 28.8 Å². The van der Waals surface area contributed by atoms with Crippen LogP contribution in [0.3, 0.4) is 0 Å². The third kappa shape index (κ3) is 2.46. The molecule has 0 saturated carbocycles. The van der Waals surface area contributed by atoms with E-state index in [0.29, 0.717) is 30.2 Å². The van der Waals surface area contributed by atoms with Crippen LogP contribution in [0.4, 0.5) is 0 Å². The van der Waals surface area contributed by atoms with Gasteiger partial charge < -0.3 is 14.6 Å². The van der Waals surface area contributed by atoms with Crippen LogP contribution in [0.5, 0.6) is 5.75 Å². The van der Waals surface area contributed by atoms with Crippen molar-refractivity contribution in [1.29, 1.82) is 0 Å². The van der Waals surface area contributed by atoms with Gasteiger partial charge >= 0.3 is 0 Å². The Kier molecular flexibility index (Phi) is 3.21. The number of hydrogen-bond donors (Lipinski definition) is 1. The van der Waals surface area contributed by atoms with Crippen LogP contribution in [0.25, 0.3) is 0 Å². The third-order valence-corrected chi connectivity index (χ3v) is 3.49. The lowest BCUT2D eigenvalue weighted by atomic mass is 9.94. The lowest BCUT2D eigenvalue weighted by molar-refractivity contribution is 0.302. The number of ether oxygens (including phenoxy) is 1. The Balaban J connectivity index is 1.64. The topological polar surface area (TPSA) is 60.2 Å². The highest BCUT2D eigenvalue weighted by atomic mass is 16.5. The second kappa shape index (κ2) is 5.01. The molecule has 0 fully saturated rings. The molecular formula is C14H17N3O2. The van der Waals surface area contributed by atoms with Gasteiger partial charge in [0.05, 0.1) is 13.2 Å². The molecule has 19 heavy (non-hydrogen) atoms. The molecule has 2 atom stereocenters. The normalized spacial score (nSPS) is 18.9. The first-order valence-electron chi connectivity index (χ1n) is 6.48. The Morgan fingerprint density at radius 1 is 1.42 bits per heavy atom. The summed E-state index contributed by atoms with van der Waals surface area (Å²) in [7, 11) is 0. The van der Waals surface area contributed by atoms with Crippen molar-refractivity contribution in [2.75, 3.05) is 6.61 Å². The number of aromatic nitrogens is 2. The summed E-state index contributed by atoms with van der Waals surface area (Å²) < 4.78 is 10.7. The Morgan fingerprint density at radius 2 is 2.26 bits per heavy atom. The van der Waals surface area contributed by atoms with Gasteiger partial charge in [-0.25, -0.2) is 0 Å². The molecule has 0 aliphatic carbocycles. The van der Waals surface area contributed by atoms with Gasteiger partial charge in [0, 0.05) is 24.4 Å². The molecule has 0 unspecified atom stereocenters. The number of nitrogens with one attached hydrogen (secondary N) is 1. The quantitative estimate of drug-likeness (QED) is 0.910. The predicted octanol–water partition coefficient (Wildman–Crippen LogP) is 2.03. The maximum Gasteiger partial charge on any atom is 0.223 e. The fraction of sp³-hybridized carbons (Fsp3) is 0.429. The van der Waals surface area contributed by atoms with Gasteiger partial charge in [-0.3, -0.25) is 0 Å². The lowest BCUT2D eigenvalue weighted by Gasteiger charge is -2.18. The highest BCUT2D eigenvalue weighted by Gasteiger charge is 2.28. The molecule has 2 heterocycles. The van der Waals surface area contributed by atoms with Crippen LogP contribution in [0.1, 0.15) is 30.1 Å². The average molecular weight is 259 g/mol. The second-order valence-corrected chi connectivity index (χ2v) is 4.85. The van der Waals surface area contributed by atoms with E-state index < -0.39 is 0 Å². The largest absolute Gasteiger partial charge is 0.493 e. The number of aryl methyl sites for hydroxylation is 1. The fourth-order valence-electron chi connectivity index (χ4n) is 2.41. The van der Waals surface area contributed by atoms with Gasteiger partial charge in [-0.05, 0) is 13.0 Å². The van der Waals surface area contributed by atoms with Gasteiger partial charge in [0.15, 0.2) is 5.82 Å². The van der Waals surface area contributed by atoms with E-state index in [1.54, 1.807) is 6.92 Å². The van der Waals surface area contributed by atoms with E-state index in [1.165, 1.54) is 5.56 Å². The minimum atomic E-state index is 0.294. The predicted molar refractivity (Wildman–Crippen MR) is 70.0 cm³/mol. The Hall–Kier alpha value is -1.88. The smallest absolute Gasteiger partial charge is 0.223 e. The second-order valence-electron chi connectivity index (χ2n) is 4.85. The fourth-order valence-corrected chi connectivity index (χ4v) is 2.41. The zero-order valence-electron chi connectivity index (χ0n) is 11.1. The molecule has 100 valence electrons. The summed E-state index contributed by atoms with van der Waals surface area (Å²) >= 11 is 0. The minimum Gasteiger partial charge on any atom is -0.493 e. The molecule has 2 aromatic rings. The van der Waals surface area contributed by atoms with Gasteiger partial charge in [0.25, 0.3) is 0 Å². The first-order chi connectivity index (χ1) is 9.24. The molecule has 1 aliphatic heterocycles. The number of hydrogen-bond acceptors (Lipinski definition) is 5.